The SMILES string of the molecule is CC.CC.CC(C)N(C)CCN(C)C.CN(C)CCC(C)(F)F. The first-order valence-electron chi connectivity index (χ1n) is 8.83. The summed E-state index contributed by atoms with van der Waals surface area (Å²) >= 11 is 0. The van der Waals surface area contributed by atoms with E-state index in [0.29, 0.717) is 12.6 Å². The number of hydrogen-bond acceptors (Lipinski definition) is 3. The second kappa shape index (κ2) is 19.8. The van der Waals surface area contributed by atoms with E-state index in [1.54, 1.807) is 19.0 Å². The fourth-order valence-electron chi connectivity index (χ4n) is 1.04. The molecular weight excluding hydrogens is 296 g/mol. The van der Waals surface area contributed by atoms with Crippen LogP contribution < -0.4 is 0 Å². The Hall–Kier alpha value is -0.260. The lowest BCUT2D eigenvalue weighted by Crippen LogP contribution is -2.33. The van der Waals surface area contributed by atoms with Crippen LogP contribution in [-0.2, 0) is 0 Å². The molecule has 3 nitrogen and oxygen atoms in total. The van der Waals surface area contributed by atoms with E-state index in [4.69, 9.17) is 0 Å². The van der Waals surface area contributed by atoms with Crippen molar-refractivity contribution < 1.29 is 8.78 Å². The molecule has 0 fully saturated rings. The largest absolute Gasteiger partial charge is 0.309 e. The normalized spacial score (nSPS) is 10.7. The highest BCUT2D eigenvalue weighted by atomic mass is 19.3. The van der Waals surface area contributed by atoms with Crippen LogP contribution in [0.25, 0.3) is 0 Å². The third kappa shape index (κ3) is 39.0. The maximum atomic E-state index is 12.1. The molecule has 0 spiro atoms. The molecule has 23 heavy (non-hydrogen) atoms. The van der Waals surface area contributed by atoms with Gasteiger partial charge in [0.2, 0.25) is 5.92 Å². The minimum Gasteiger partial charge on any atom is -0.309 e. The zero-order chi connectivity index (χ0) is 19.6. The molecule has 0 aromatic heterocycles. The Labute approximate surface area is 146 Å². The van der Waals surface area contributed by atoms with Gasteiger partial charge in [-0.1, -0.05) is 27.7 Å². The lowest BCUT2D eigenvalue weighted by molar-refractivity contribution is 0.00691. The Bertz CT molecular complexity index is 203. The van der Waals surface area contributed by atoms with Crippen LogP contribution >= 0.6 is 0 Å². The highest BCUT2D eigenvalue weighted by Crippen LogP contribution is 2.15. The first kappa shape index (κ1) is 30.6. The van der Waals surface area contributed by atoms with E-state index in [2.05, 4.69) is 44.8 Å². The van der Waals surface area contributed by atoms with Gasteiger partial charge in [0.1, 0.15) is 0 Å². The van der Waals surface area contributed by atoms with E-state index in [0.717, 1.165) is 20.0 Å². The molecule has 0 aromatic carbocycles. The third-order valence-electron chi connectivity index (χ3n) is 2.78. The second-order valence-corrected chi connectivity index (χ2v) is 6.00. The fraction of sp³-hybridized carbons (Fsp3) is 1.00. The molecule has 0 radical (unpaired) electrons. The van der Waals surface area contributed by atoms with Gasteiger partial charge in [0, 0.05) is 32.1 Å². The molecule has 146 valence electrons. The summed E-state index contributed by atoms with van der Waals surface area (Å²) in [6, 6.07) is 0.667. The van der Waals surface area contributed by atoms with Gasteiger partial charge >= 0.3 is 0 Å². The standard InChI is InChI=1S/C8H20N2.C6H13F2N.2C2H6/c1-8(2)10(5)7-6-9(3)4;1-6(7,8)4-5-9(2)3;2*1-2/h8H,6-7H2,1-5H3;4-5H2,1-3H3;2*1-2H3. The summed E-state index contributed by atoms with van der Waals surface area (Å²) in [6.45, 7) is 16.1. The van der Waals surface area contributed by atoms with Crippen molar-refractivity contribution in [1.29, 1.82) is 0 Å². The van der Waals surface area contributed by atoms with Crippen molar-refractivity contribution in [2.24, 2.45) is 0 Å². The minimum absolute atomic E-state index is 0.0556. The van der Waals surface area contributed by atoms with Crippen LogP contribution in [0.2, 0.25) is 0 Å². The molecule has 0 bridgehead atoms. The van der Waals surface area contributed by atoms with Crippen LogP contribution in [0.15, 0.2) is 0 Å². The van der Waals surface area contributed by atoms with Gasteiger partial charge in [0.25, 0.3) is 0 Å². The zero-order valence-electron chi connectivity index (χ0n) is 18.0. The number of likely N-dealkylation sites (N-methyl/N-ethyl adjacent to an activating group) is 2. The summed E-state index contributed by atoms with van der Waals surface area (Å²) in [4.78, 5) is 6.30. The topological polar surface area (TPSA) is 9.72 Å². The van der Waals surface area contributed by atoms with Crippen molar-refractivity contribution >= 4 is 0 Å². The fourth-order valence-corrected chi connectivity index (χ4v) is 1.04. The molecule has 0 saturated carbocycles. The monoisotopic (exact) mass is 341 g/mol. The van der Waals surface area contributed by atoms with E-state index in [9.17, 15) is 8.78 Å². The van der Waals surface area contributed by atoms with Crippen LogP contribution in [-0.4, -0.2) is 81.5 Å². The van der Waals surface area contributed by atoms with Gasteiger partial charge in [-0.25, -0.2) is 8.78 Å². The summed E-state index contributed by atoms with van der Waals surface area (Å²) in [5, 5.41) is 0. The lowest BCUT2D eigenvalue weighted by atomic mass is 10.3. The predicted molar refractivity (Wildman–Crippen MR) is 103 cm³/mol. The zero-order valence-corrected chi connectivity index (χ0v) is 18.0. The van der Waals surface area contributed by atoms with Crippen LogP contribution in [0.4, 0.5) is 8.78 Å². The molecule has 0 aromatic rings. The Kier molecular flexibility index (Phi) is 26.3. The summed E-state index contributed by atoms with van der Waals surface area (Å²) in [6.07, 6.45) is -0.0556. The first-order chi connectivity index (χ1) is 10.5. The van der Waals surface area contributed by atoms with Crippen molar-refractivity contribution in [3.63, 3.8) is 0 Å². The van der Waals surface area contributed by atoms with Gasteiger partial charge in [-0.3, -0.25) is 0 Å². The first-order valence-corrected chi connectivity index (χ1v) is 8.83. The van der Waals surface area contributed by atoms with Crippen LogP contribution in [0.1, 0.15) is 54.9 Å². The van der Waals surface area contributed by atoms with Crippen molar-refractivity contribution in [2.75, 3.05) is 54.9 Å². The Morgan fingerprint density at radius 1 is 0.739 bits per heavy atom. The Morgan fingerprint density at radius 2 is 1.09 bits per heavy atom. The number of halogens is 2. The van der Waals surface area contributed by atoms with Gasteiger partial charge in [-0.2, -0.15) is 0 Å². The highest BCUT2D eigenvalue weighted by Gasteiger charge is 2.20. The smallest absolute Gasteiger partial charge is 0.246 e. The molecule has 0 unspecified atom stereocenters. The summed E-state index contributed by atoms with van der Waals surface area (Å²) in [7, 11) is 9.94. The average molecular weight is 342 g/mol. The van der Waals surface area contributed by atoms with Gasteiger partial charge in [-0.15, -0.1) is 0 Å². The Balaban J connectivity index is -0.000000129. The summed E-state index contributed by atoms with van der Waals surface area (Å²) in [5.74, 6) is -2.51. The molecule has 0 N–H and O–H groups in total. The molecule has 0 heterocycles. The van der Waals surface area contributed by atoms with Gasteiger partial charge in [-0.05, 0) is 56.0 Å². The average Bonchev–Trinajstić information content (AvgIpc) is 2.46. The maximum Gasteiger partial charge on any atom is 0.246 e. The number of hydrogen-bond donors (Lipinski definition) is 0. The van der Waals surface area contributed by atoms with Crippen molar-refractivity contribution in [3.05, 3.63) is 0 Å². The predicted octanol–water partition coefficient (Wildman–Crippen LogP) is 4.53. The summed E-state index contributed by atoms with van der Waals surface area (Å²) in [5.41, 5.74) is 0. The molecule has 0 saturated heterocycles. The van der Waals surface area contributed by atoms with Gasteiger partial charge in [0.15, 0.2) is 0 Å². The van der Waals surface area contributed by atoms with Crippen molar-refractivity contribution in [2.45, 2.75) is 66.9 Å². The van der Waals surface area contributed by atoms with Gasteiger partial charge < -0.3 is 14.7 Å². The lowest BCUT2D eigenvalue weighted by Gasteiger charge is -2.22. The van der Waals surface area contributed by atoms with Gasteiger partial charge in [0.05, 0.1) is 0 Å². The summed E-state index contributed by atoms with van der Waals surface area (Å²) < 4.78 is 24.1. The van der Waals surface area contributed by atoms with Crippen LogP contribution in [0.5, 0.6) is 0 Å². The minimum atomic E-state index is -2.51. The van der Waals surface area contributed by atoms with Crippen molar-refractivity contribution in [1.82, 2.24) is 14.7 Å². The van der Waals surface area contributed by atoms with Crippen LogP contribution in [0, 0.1) is 0 Å². The highest BCUT2D eigenvalue weighted by molar-refractivity contribution is 4.59. The maximum absolute atomic E-state index is 12.1. The van der Waals surface area contributed by atoms with E-state index < -0.39 is 5.92 Å². The van der Waals surface area contributed by atoms with E-state index in [1.165, 1.54) is 0 Å². The number of alkyl halides is 2. The molecule has 0 aliphatic carbocycles. The quantitative estimate of drug-likeness (QED) is 0.673. The molecule has 0 atom stereocenters. The van der Waals surface area contributed by atoms with E-state index in [1.807, 2.05) is 27.7 Å². The number of rotatable bonds is 7. The Morgan fingerprint density at radius 3 is 1.26 bits per heavy atom. The second-order valence-electron chi connectivity index (χ2n) is 6.00. The van der Waals surface area contributed by atoms with Crippen LogP contribution in [0.3, 0.4) is 0 Å². The molecule has 5 heteroatoms. The molecule has 0 aliphatic rings. The molecule has 0 rings (SSSR count). The molecule has 0 amide bonds. The van der Waals surface area contributed by atoms with E-state index >= 15 is 0 Å². The molecular formula is C18H45F2N3. The number of nitrogens with zero attached hydrogens (tertiary/aromatic N) is 3. The molecule has 0 aliphatic heterocycles. The van der Waals surface area contributed by atoms with E-state index in [-0.39, 0.29) is 6.42 Å². The third-order valence-corrected chi connectivity index (χ3v) is 2.78. The van der Waals surface area contributed by atoms with Crippen molar-refractivity contribution in [3.8, 4) is 0 Å².